The lowest BCUT2D eigenvalue weighted by molar-refractivity contribution is -0.122. The van der Waals surface area contributed by atoms with Gasteiger partial charge in [-0.15, -0.1) is 0 Å². The molecule has 1 aromatic rings. The van der Waals surface area contributed by atoms with Gasteiger partial charge in [0.2, 0.25) is 5.91 Å². The summed E-state index contributed by atoms with van der Waals surface area (Å²) < 4.78 is 14.1. The molecule has 2 aliphatic rings. The van der Waals surface area contributed by atoms with Crippen molar-refractivity contribution in [3.05, 3.63) is 29.6 Å². The Labute approximate surface area is 124 Å². The van der Waals surface area contributed by atoms with Crippen molar-refractivity contribution in [2.24, 2.45) is 11.7 Å². The Morgan fingerprint density at radius 2 is 2.00 bits per heavy atom. The minimum atomic E-state index is -0.218. The fourth-order valence-corrected chi connectivity index (χ4v) is 2.96. The van der Waals surface area contributed by atoms with Gasteiger partial charge in [0, 0.05) is 42.8 Å². The van der Waals surface area contributed by atoms with Crippen LogP contribution in [-0.4, -0.2) is 25.0 Å². The lowest BCUT2D eigenvalue weighted by Gasteiger charge is -2.33. The molecule has 114 valence electrons. The third-order valence-electron chi connectivity index (χ3n) is 4.48. The quantitative estimate of drug-likeness (QED) is 0.869. The van der Waals surface area contributed by atoms with Gasteiger partial charge in [0.1, 0.15) is 5.82 Å². The summed E-state index contributed by atoms with van der Waals surface area (Å²) in [6.45, 7) is 2.09. The Morgan fingerprint density at radius 3 is 2.62 bits per heavy atom. The molecule has 3 N–H and O–H groups in total. The van der Waals surface area contributed by atoms with Crippen LogP contribution in [0, 0.1) is 11.7 Å². The molecule has 1 amide bonds. The molecule has 1 saturated heterocycles. The molecule has 1 aliphatic heterocycles. The van der Waals surface area contributed by atoms with E-state index in [-0.39, 0.29) is 17.6 Å². The summed E-state index contributed by atoms with van der Waals surface area (Å²) in [6, 6.07) is 5.80. The highest BCUT2D eigenvalue weighted by Crippen LogP contribution is 2.29. The van der Waals surface area contributed by atoms with E-state index in [0.29, 0.717) is 12.6 Å². The van der Waals surface area contributed by atoms with Crippen LogP contribution in [0.15, 0.2) is 18.2 Å². The standard InChI is InChI=1S/C16H22FN3O/c17-14-2-1-3-15(13(14)10-19-12-4-5-12)20-8-6-11(7-9-20)16(18)21/h1-3,11-12,19H,4-10H2,(H2,18,21). The first-order valence-electron chi connectivity index (χ1n) is 7.70. The average molecular weight is 291 g/mol. The third kappa shape index (κ3) is 3.35. The first-order chi connectivity index (χ1) is 10.1. The van der Waals surface area contributed by atoms with Crippen molar-refractivity contribution < 1.29 is 9.18 Å². The minimum Gasteiger partial charge on any atom is -0.371 e. The number of halogens is 1. The van der Waals surface area contributed by atoms with Crippen molar-refractivity contribution >= 4 is 11.6 Å². The molecule has 0 unspecified atom stereocenters. The fraction of sp³-hybridized carbons (Fsp3) is 0.562. The second kappa shape index (κ2) is 6.02. The number of carbonyl (C=O) groups is 1. The Balaban J connectivity index is 1.72. The Kier molecular flexibility index (Phi) is 4.10. The molecule has 1 heterocycles. The van der Waals surface area contributed by atoms with Crippen LogP contribution in [0.2, 0.25) is 0 Å². The molecule has 0 radical (unpaired) electrons. The molecule has 0 atom stereocenters. The van der Waals surface area contributed by atoms with Gasteiger partial charge in [0.05, 0.1) is 0 Å². The number of anilines is 1. The number of nitrogens with two attached hydrogens (primary N) is 1. The summed E-state index contributed by atoms with van der Waals surface area (Å²) in [7, 11) is 0. The summed E-state index contributed by atoms with van der Waals surface area (Å²) in [6.07, 6.45) is 3.88. The highest BCUT2D eigenvalue weighted by atomic mass is 19.1. The molecule has 1 aromatic carbocycles. The maximum absolute atomic E-state index is 14.1. The molecule has 2 fully saturated rings. The van der Waals surface area contributed by atoms with Gasteiger partial charge < -0.3 is 16.0 Å². The number of hydrogen-bond acceptors (Lipinski definition) is 3. The summed E-state index contributed by atoms with van der Waals surface area (Å²) in [5.74, 6) is -0.412. The largest absolute Gasteiger partial charge is 0.371 e. The van der Waals surface area contributed by atoms with Gasteiger partial charge in [0.15, 0.2) is 0 Å². The van der Waals surface area contributed by atoms with Crippen LogP contribution in [0.1, 0.15) is 31.2 Å². The molecule has 0 aromatic heterocycles. The maximum atomic E-state index is 14.1. The van der Waals surface area contributed by atoms with Crippen molar-refractivity contribution in [1.29, 1.82) is 0 Å². The van der Waals surface area contributed by atoms with E-state index in [9.17, 15) is 9.18 Å². The van der Waals surface area contributed by atoms with Crippen LogP contribution in [0.5, 0.6) is 0 Å². The monoisotopic (exact) mass is 291 g/mol. The molecule has 21 heavy (non-hydrogen) atoms. The Bertz CT molecular complexity index is 522. The normalized spacial score (nSPS) is 19.8. The summed E-state index contributed by atoms with van der Waals surface area (Å²) in [4.78, 5) is 13.4. The number of rotatable bonds is 5. The lowest BCUT2D eigenvalue weighted by Crippen LogP contribution is -2.39. The Morgan fingerprint density at radius 1 is 1.29 bits per heavy atom. The molecule has 0 bridgehead atoms. The highest BCUT2D eigenvalue weighted by molar-refractivity contribution is 5.77. The van der Waals surface area contributed by atoms with Gasteiger partial charge in [-0.05, 0) is 37.8 Å². The molecular weight excluding hydrogens is 269 g/mol. The zero-order chi connectivity index (χ0) is 14.8. The number of nitrogens with zero attached hydrogens (tertiary/aromatic N) is 1. The second-order valence-electron chi connectivity index (χ2n) is 6.06. The van der Waals surface area contributed by atoms with Crippen molar-refractivity contribution in [3.63, 3.8) is 0 Å². The molecule has 3 rings (SSSR count). The molecule has 0 spiro atoms. The number of primary amides is 1. The number of benzene rings is 1. The number of hydrogen-bond donors (Lipinski definition) is 2. The van der Waals surface area contributed by atoms with E-state index in [4.69, 9.17) is 5.73 Å². The van der Waals surface area contributed by atoms with E-state index >= 15 is 0 Å². The van der Waals surface area contributed by atoms with E-state index in [1.54, 1.807) is 6.07 Å². The summed E-state index contributed by atoms with van der Waals surface area (Å²) in [5, 5.41) is 3.38. The van der Waals surface area contributed by atoms with Crippen LogP contribution in [0.4, 0.5) is 10.1 Å². The zero-order valence-electron chi connectivity index (χ0n) is 12.1. The van der Waals surface area contributed by atoms with Crippen LogP contribution in [-0.2, 0) is 11.3 Å². The van der Waals surface area contributed by atoms with E-state index in [2.05, 4.69) is 10.2 Å². The smallest absolute Gasteiger partial charge is 0.220 e. The van der Waals surface area contributed by atoms with E-state index in [1.165, 1.54) is 18.9 Å². The summed E-state index contributed by atoms with van der Waals surface area (Å²) >= 11 is 0. The van der Waals surface area contributed by atoms with Crippen LogP contribution in [0.25, 0.3) is 0 Å². The van der Waals surface area contributed by atoms with E-state index in [0.717, 1.165) is 37.2 Å². The minimum absolute atomic E-state index is 0.0390. The molecule has 5 heteroatoms. The van der Waals surface area contributed by atoms with Crippen molar-refractivity contribution in [3.8, 4) is 0 Å². The fourth-order valence-electron chi connectivity index (χ4n) is 2.96. The number of carbonyl (C=O) groups excluding carboxylic acids is 1. The topological polar surface area (TPSA) is 58.4 Å². The molecule has 1 saturated carbocycles. The predicted molar refractivity (Wildman–Crippen MR) is 80.4 cm³/mol. The molecule has 4 nitrogen and oxygen atoms in total. The van der Waals surface area contributed by atoms with Crippen molar-refractivity contribution in [1.82, 2.24) is 5.32 Å². The van der Waals surface area contributed by atoms with Crippen LogP contribution in [0.3, 0.4) is 0 Å². The van der Waals surface area contributed by atoms with Gasteiger partial charge in [0.25, 0.3) is 0 Å². The molecular formula is C16H22FN3O. The SMILES string of the molecule is NC(=O)C1CCN(c2cccc(F)c2CNC2CC2)CC1. The highest BCUT2D eigenvalue weighted by Gasteiger charge is 2.26. The predicted octanol–water partition coefficient (Wildman–Crippen LogP) is 1.78. The number of piperidine rings is 1. The van der Waals surface area contributed by atoms with Crippen molar-refractivity contribution in [2.75, 3.05) is 18.0 Å². The third-order valence-corrected chi connectivity index (χ3v) is 4.48. The second-order valence-corrected chi connectivity index (χ2v) is 6.06. The van der Waals surface area contributed by atoms with Crippen molar-refractivity contribution in [2.45, 2.75) is 38.3 Å². The van der Waals surface area contributed by atoms with Gasteiger partial charge in [-0.2, -0.15) is 0 Å². The molecule has 1 aliphatic carbocycles. The van der Waals surface area contributed by atoms with E-state index < -0.39 is 0 Å². The maximum Gasteiger partial charge on any atom is 0.220 e. The first-order valence-corrected chi connectivity index (χ1v) is 7.70. The van der Waals surface area contributed by atoms with Gasteiger partial charge >= 0.3 is 0 Å². The number of nitrogens with one attached hydrogen (secondary N) is 1. The Hall–Kier alpha value is -1.62. The van der Waals surface area contributed by atoms with Crippen LogP contribution < -0.4 is 16.0 Å². The van der Waals surface area contributed by atoms with E-state index in [1.807, 2.05) is 6.07 Å². The van der Waals surface area contributed by atoms with Crippen LogP contribution >= 0.6 is 0 Å². The zero-order valence-corrected chi connectivity index (χ0v) is 12.1. The lowest BCUT2D eigenvalue weighted by atomic mass is 9.95. The van der Waals surface area contributed by atoms with Gasteiger partial charge in [-0.1, -0.05) is 6.07 Å². The van der Waals surface area contributed by atoms with Gasteiger partial charge in [-0.3, -0.25) is 4.79 Å². The summed E-state index contributed by atoms with van der Waals surface area (Å²) in [5.41, 5.74) is 7.05. The first kappa shape index (κ1) is 14.3. The average Bonchev–Trinajstić information content (AvgIpc) is 3.30. The van der Waals surface area contributed by atoms with Gasteiger partial charge in [-0.25, -0.2) is 4.39 Å². The number of amides is 1.